The number of carbonyl (C=O) groups excluding carboxylic acids is 1. The number of rotatable bonds is 4. The predicted octanol–water partition coefficient (Wildman–Crippen LogP) is 2.80. The summed E-state index contributed by atoms with van der Waals surface area (Å²) in [6.45, 7) is 5.14. The standard InChI is InChI=1S/C20H29N3O/c1-14-9-17(14)20(24)23-12-16-6-3-7-19(18(16)13-23)22(2)11-15-5-4-8-21-10-15/h4-5,8,10,14,16-19H,3,6-7,9,11-13H2,1-2H3/t14-,16-,17+,18+,19-/m1/s1. The van der Waals surface area contributed by atoms with Crippen molar-refractivity contribution < 1.29 is 4.79 Å². The van der Waals surface area contributed by atoms with Gasteiger partial charge < -0.3 is 4.90 Å². The molecule has 1 amide bonds. The topological polar surface area (TPSA) is 36.4 Å². The van der Waals surface area contributed by atoms with Crippen molar-refractivity contribution in [1.82, 2.24) is 14.8 Å². The van der Waals surface area contributed by atoms with Crippen LogP contribution in [-0.4, -0.2) is 46.9 Å². The van der Waals surface area contributed by atoms with Crippen LogP contribution in [0.15, 0.2) is 24.5 Å². The van der Waals surface area contributed by atoms with Gasteiger partial charge in [0.05, 0.1) is 0 Å². The summed E-state index contributed by atoms with van der Waals surface area (Å²) in [5, 5.41) is 0. The Hall–Kier alpha value is -1.42. The third-order valence-electron chi connectivity index (χ3n) is 6.52. The number of amides is 1. The van der Waals surface area contributed by atoms with Crippen molar-refractivity contribution in [3.63, 3.8) is 0 Å². The molecule has 1 aromatic rings. The Morgan fingerprint density at radius 1 is 1.38 bits per heavy atom. The maximum atomic E-state index is 12.6. The van der Waals surface area contributed by atoms with Crippen LogP contribution in [-0.2, 0) is 11.3 Å². The Balaban J connectivity index is 1.42. The first-order chi connectivity index (χ1) is 11.6. The van der Waals surface area contributed by atoms with Gasteiger partial charge in [0.25, 0.3) is 0 Å². The van der Waals surface area contributed by atoms with Gasteiger partial charge in [-0.15, -0.1) is 0 Å². The molecule has 4 heteroatoms. The van der Waals surface area contributed by atoms with E-state index in [1.54, 1.807) is 0 Å². The van der Waals surface area contributed by atoms with Crippen LogP contribution in [0.3, 0.4) is 0 Å². The number of aromatic nitrogens is 1. The zero-order chi connectivity index (χ0) is 16.7. The molecule has 3 aliphatic rings. The molecule has 24 heavy (non-hydrogen) atoms. The van der Waals surface area contributed by atoms with Gasteiger partial charge in [0.15, 0.2) is 0 Å². The fourth-order valence-corrected chi connectivity index (χ4v) is 4.97. The zero-order valence-electron chi connectivity index (χ0n) is 14.9. The summed E-state index contributed by atoms with van der Waals surface area (Å²) in [6.07, 6.45) is 8.76. The Morgan fingerprint density at radius 3 is 2.92 bits per heavy atom. The van der Waals surface area contributed by atoms with Gasteiger partial charge in [-0.2, -0.15) is 0 Å². The zero-order valence-corrected chi connectivity index (χ0v) is 14.9. The molecule has 1 saturated heterocycles. The minimum atomic E-state index is 0.330. The average molecular weight is 327 g/mol. The fourth-order valence-electron chi connectivity index (χ4n) is 4.97. The van der Waals surface area contributed by atoms with E-state index in [4.69, 9.17) is 0 Å². The predicted molar refractivity (Wildman–Crippen MR) is 94.2 cm³/mol. The molecule has 0 unspecified atom stereocenters. The van der Waals surface area contributed by atoms with Gasteiger partial charge in [-0.25, -0.2) is 0 Å². The first kappa shape index (κ1) is 16.1. The van der Waals surface area contributed by atoms with Gasteiger partial charge in [-0.05, 0) is 55.7 Å². The van der Waals surface area contributed by atoms with E-state index in [0.717, 1.165) is 26.1 Å². The summed E-state index contributed by atoms with van der Waals surface area (Å²) in [4.78, 5) is 21.6. The third kappa shape index (κ3) is 3.08. The van der Waals surface area contributed by atoms with Crippen molar-refractivity contribution >= 4 is 5.91 Å². The van der Waals surface area contributed by atoms with Gasteiger partial charge >= 0.3 is 0 Å². The van der Waals surface area contributed by atoms with Gasteiger partial charge in [0.1, 0.15) is 0 Å². The highest BCUT2D eigenvalue weighted by molar-refractivity contribution is 5.81. The maximum Gasteiger partial charge on any atom is 0.225 e. The van der Waals surface area contributed by atoms with Crippen LogP contribution in [0.1, 0.15) is 38.2 Å². The Bertz CT molecular complexity index is 590. The lowest BCUT2D eigenvalue weighted by Crippen LogP contribution is -2.43. The smallest absolute Gasteiger partial charge is 0.225 e. The van der Waals surface area contributed by atoms with E-state index < -0.39 is 0 Å². The lowest BCUT2D eigenvalue weighted by Gasteiger charge is -2.39. The van der Waals surface area contributed by atoms with Crippen molar-refractivity contribution in [2.24, 2.45) is 23.7 Å². The molecule has 2 heterocycles. The minimum Gasteiger partial charge on any atom is -0.342 e. The highest BCUT2D eigenvalue weighted by Crippen LogP contribution is 2.43. The summed E-state index contributed by atoms with van der Waals surface area (Å²) in [7, 11) is 2.24. The van der Waals surface area contributed by atoms with Crippen molar-refractivity contribution in [2.45, 2.75) is 45.2 Å². The van der Waals surface area contributed by atoms with Crippen LogP contribution in [0.4, 0.5) is 0 Å². The quantitative estimate of drug-likeness (QED) is 0.853. The van der Waals surface area contributed by atoms with E-state index in [0.29, 0.717) is 35.6 Å². The number of fused-ring (bicyclic) bond motifs is 1. The molecule has 2 aliphatic carbocycles. The second kappa shape index (κ2) is 6.47. The highest BCUT2D eigenvalue weighted by atomic mass is 16.2. The van der Waals surface area contributed by atoms with Crippen LogP contribution >= 0.6 is 0 Å². The highest BCUT2D eigenvalue weighted by Gasteiger charge is 2.47. The SMILES string of the molecule is C[C@@H]1C[C@@H]1C(=O)N1C[C@H]2CCC[C@@H](N(C)Cc3cccnc3)[C@H]2C1. The fraction of sp³-hybridized carbons (Fsp3) is 0.700. The molecule has 0 aromatic carbocycles. The van der Waals surface area contributed by atoms with Crippen LogP contribution in [0, 0.1) is 23.7 Å². The Kier molecular flexibility index (Phi) is 4.33. The molecule has 130 valence electrons. The van der Waals surface area contributed by atoms with Crippen LogP contribution < -0.4 is 0 Å². The summed E-state index contributed by atoms with van der Waals surface area (Å²) in [5.41, 5.74) is 1.28. The molecule has 0 N–H and O–H groups in total. The van der Waals surface area contributed by atoms with Crippen molar-refractivity contribution in [3.05, 3.63) is 30.1 Å². The molecule has 2 saturated carbocycles. The largest absolute Gasteiger partial charge is 0.342 e. The first-order valence-electron chi connectivity index (χ1n) is 9.51. The molecule has 5 atom stereocenters. The lowest BCUT2D eigenvalue weighted by molar-refractivity contribution is -0.132. The van der Waals surface area contributed by atoms with Crippen LogP contribution in [0.5, 0.6) is 0 Å². The number of carbonyl (C=O) groups is 1. The normalized spacial score (nSPS) is 35.1. The molecule has 3 fully saturated rings. The summed E-state index contributed by atoms with van der Waals surface area (Å²) >= 11 is 0. The molecule has 1 aliphatic heterocycles. The van der Waals surface area contributed by atoms with Crippen LogP contribution in [0.25, 0.3) is 0 Å². The Morgan fingerprint density at radius 2 is 2.21 bits per heavy atom. The second-order valence-electron chi connectivity index (χ2n) is 8.26. The molecule has 4 rings (SSSR count). The van der Waals surface area contributed by atoms with E-state index in [-0.39, 0.29) is 0 Å². The average Bonchev–Trinajstić information content (AvgIpc) is 3.16. The number of pyridine rings is 1. The molecular formula is C20H29N3O. The molecule has 0 bridgehead atoms. The molecule has 4 nitrogen and oxygen atoms in total. The minimum absolute atomic E-state index is 0.330. The summed E-state index contributed by atoms with van der Waals surface area (Å²) in [6, 6.07) is 4.76. The van der Waals surface area contributed by atoms with Crippen molar-refractivity contribution in [3.8, 4) is 0 Å². The summed E-state index contributed by atoms with van der Waals surface area (Å²) in [5.74, 6) is 2.74. The monoisotopic (exact) mass is 327 g/mol. The van der Waals surface area contributed by atoms with Crippen molar-refractivity contribution in [1.29, 1.82) is 0 Å². The van der Waals surface area contributed by atoms with Gasteiger partial charge in [0.2, 0.25) is 5.91 Å². The van der Waals surface area contributed by atoms with E-state index in [1.807, 2.05) is 18.5 Å². The number of hydrogen-bond donors (Lipinski definition) is 0. The van der Waals surface area contributed by atoms with E-state index in [2.05, 4.69) is 34.8 Å². The maximum absolute atomic E-state index is 12.6. The Labute approximate surface area is 145 Å². The third-order valence-corrected chi connectivity index (χ3v) is 6.52. The lowest BCUT2D eigenvalue weighted by atomic mass is 9.77. The van der Waals surface area contributed by atoms with Crippen molar-refractivity contribution in [2.75, 3.05) is 20.1 Å². The second-order valence-corrected chi connectivity index (χ2v) is 8.26. The summed E-state index contributed by atoms with van der Waals surface area (Å²) < 4.78 is 0. The number of hydrogen-bond acceptors (Lipinski definition) is 3. The van der Waals surface area contributed by atoms with Gasteiger partial charge in [0, 0.05) is 44.0 Å². The van der Waals surface area contributed by atoms with Crippen LogP contribution in [0.2, 0.25) is 0 Å². The molecule has 1 aromatic heterocycles. The number of nitrogens with zero attached hydrogens (tertiary/aromatic N) is 3. The number of likely N-dealkylation sites (tertiary alicyclic amines) is 1. The van der Waals surface area contributed by atoms with Gasteiger partial charge in [-0.1, -0.05) is 19.4 Å². The first-order valence-corrected chi connectivity index (χ1v) is 9.51. The van der Waals surface area contributed by atoms with Gasteiger partial charge in [-0.3, -0.25) is 14.7 Å². The van der Waals surface area contributed by atoms with E-state index >= 15 is 0 Å². The molecular weight excluding hydrogens is 298 g/mol. The van der Waals surface area contributed by atoms with E-state index in [1.165, 1.54) is 24.8 Å². The molecule has 0 spiro atoms. The molecule has 0 radical (unpaired) electrons. The van der Waals surface area contributed by atoms with E-state index in [9.17, 15) is 4.79 Å².